The lowest BCUT2D eigenvalue weighted by molar-refractivity contribution is 0.0732. The highest BCUT2D eigenvalue weighted by atomic mass is 16.5. The van der Waals surface area contributed by atoms with Gasteiger partial charge >= 0.3 is 0 Å². The van der Waals surface area contributed by atoms with Crippen molar-refractivity contribution >= 4 is 11.9 Å². The van der Waals surface area contributed by atoms with Gasteiger partial charge in [0.1, 0.15) is 11.5 Å². The average molecular weight is 459 g/mol. The van der Waals surface area contributed by atoms with Crippen molar-refractivity contribution in [2.45, 2.75) is 39.2 Å². The molecule has 7 nitrogen and oxygen atoms in total. The van der Waals surface area contributed by atoms with Gasteiger partial charge in [-0.2, -0.15) is 4.98 Å². The maximum Gasteiger partial charge on any atom is 0.254 e. The maximum absolute atomic E-state index is 13.2. The van der Waals surface area contributed by atoms with Crippen LogP contribution in [0.25, 0.3) is 0 Å². The number of hydrogen-bond donors (Lipinski definition) is 0. The number of ether oxygens (including phenoxy) is 2. The van der Waals surface area contributed by atoms with Gasteiger partial charge in [-0.05, 0) is 62.1 Å². The van der Waals surface area contributed by atoms with Crippen LogP contribution >= 0.6 is 0 Å². The van der Waals surface area contributed by atoms with Crippen molar-refractivity contribution in [2.75, 3.05) is 31.6 Å². The molecule has 0 bridgehead atoms. The van der Waals surface area contributed by atoms with E-state index >= 15 is 0 Å². The number of nitrogens with zero attached hydrogens (tertiary/aromatic N) is 4. The summed E-state index contributed by atoms with van der Waals surface area (Å²) in [4.78, 5) is 27.1. The molecule has 1 saturated heterocycles. The number of para-hydroxylation sites is 1. The molecule has 3 heterocycles. The quantitative estimate of drug-likeness (QED) is 0.548. The molecule has 0 aliphatic carbocycles. The number of anilines is 1. The molecular weight excluding hydrogens is 428 g/mol. The third kappa shape index (κ3) is 4.55. The standard InChI is InChI=1S/C27H30N4O3/c1-19-8-4-5-9-24(19)34-25-22-18-31(26(32)20-10-12-21(33-2)13-11-20)17-14-23(22)28-27(29-25)30-15-6-3-7-16-30/h4-5,8-13H,3,6-7,14-18H2,1-2H3. The molecule has 0 radical (unpaired) electrons. The zero-order valence-corrected chi connectivity index (χ0v) is 19.8. The normalized spacial score (nSPS) is 15.6. The van der Waals surface area contributed by atoms with E-state index in [4.69, 9.17) is 19.4 Å². The Labute approximate surface area is 200 Å². The Bertz CT molecular complexity index is 1170. The Morgan fingerprint density at radius 2 is 1.71 bits per heavy atom. The van der Waals surface area contributed by atoms with Crippen LogP contribution in [0.5, 0.6) is 17.4 Å². The third-order valence-corrected chi connectivity index (χ3v) is 6.57. The van der Waals surface area contributed by atoms with Crippen LogP contribution in [-0.2, 0) is 13.0 Å². The minimum Gasteiger partial charge on any atom is -0.497 e. The number of rotatable bonds is 5. The van der Waals surface area contributed by atoms with Gasteiger partial charge < -0.3 is 19.3 Å². The lowest BCUT2D eigenvalue weighted by Crippen LogP contribution is -2.37. The van der Waals surface area contributed by atoms with Crippen molar-refractivity contribution in [3.8, 4) is 17.4 Å². The first-order valence-electron chi connectivity index (χ1n) is 11.9. The first-order chi connectivity index (χ1) is 16.6. The van der Waals surface area contributed by atoms with Gasteiger partial charge in [0.25, 0.3) is 5.91 Å². The van der Waals surface area contributed by atoms with Crippen LogP contribution in [0, 0.1) is 6.92 Å². The van der Waals surface area contributed by atoms with Crippen molar-refractivity contribution < 1.29 is 14.3 Å². The van der Waals surface area contributed by atoms with E-state index in [1.54, 1.807) is 19.2 Å². The summed E-state index contributed by atoms with van der Waals surface area (Å²) in [7, 11) is 1.62. The number of aryl methyl sites for hydroxylation is 1. The Morgan fingerprint density at radius 1 is 0.941 bits per heavy atom. The van der Waals surface area contributed by atoms with Crippen LogP contribution in [0.3, 0.4) is 0 Å². The molecule has 7 heteroatoms. The second kappa shape index (κ2) is 9.71. The van der Waals surface area contributed by atoms with E-state index in [1.165, 1.54) is 6.42 Å². The van der Waals surface area contributed by atoms with E-state index in [0.29, 0.717) is 31.0 Å². The van der Waals surface area contributed by atoms with Gasteiger partial charge in [-0.25, -0.2) is 4.98 Å². The van der Waals surface area contributed by atoms with Crippen LogP contribution in [-0.4, -0.2) is 47.5 Å². The van der Waals surface area contributed by atoms with E-state index in [1.807, 2.05) is 48.2 Å². The fraction of sp³-hybridized carbons (Fsp3) is 0.370. The highest BCUT2D eigenvalue weighted by Gasteiger charge is 2.29. The fourth-order valence-corrected chi connectivity index (χ4v) is 4.56. The summed E-state index contributed by atoms with van der Waals surface area (Å²) in [5.74, 6) is 2.76. The predicted molar refractivity (Wildman–Crippen MR) is 131 cm³/mol. The van der Waals surface area contributed by atoms with Gasteiger partial charge in [-0.15, -0.1) is 0 Å². The lowest BCUT2D eigenvalue weighted by Gasteiger charge is -2.32. The third-order valence-electron chi connectivity index (χ3n) is 6.57. The fourth-order valence-electron chi connectivity index (χ4n) is 4.56. The SMILES string of the molecule is COc1ccc(C(=O)N2CCc3nc(N4CCCCC4)nc(Oc4ccccc4C)c3C2)cc1. The summed E-state index contributed by atoms with van der Waals surface area (Å²) in [6.07, 6.45) is 4.22. The number of piperidine rings is 1. The van der Waals surface area contributed by atoms with Crippen LogP contribution in [0.2, 0.25) is 0 Å². The van der Waals surface area contributed by atoms with Crippen molar-refractivity contribution in [3.05, 3.63) is 70.9 Å². The summed E-state index contributed by atoms with van der Waals surface area (Å²) < 4.78 is 11.6. The molecule has 1 aromatic heterocycles. The molecule has 1 amide bonds. The molecule has 176 valence electrons. The zero-order valence-electron chi connectivity index (χ0n) is 19.8. The van der Waals surface area contributed by atoms with Crippen LogP contribution in [0.15, 0.2) is 48.5 Å². The van der Waals surface area contributed by atoms with Crippen molar-refractivity contribution in [3.63, 3.8) is 0 Å². The molecular formula is C27H30N4O3. The van der Waals surface area contributed by atoms with E-state index in [0.717, 1.165) is 60.2 Å². The van der Waals surface area contributed by atoms with E-state index in [2.05, 4.69) is 4.90 Å². The highest BCUT2D eigenvalue weighted by Crippen LogP contribution is 2.33. The molecule has 0 atom stereocenters. The Morgan fingerprint density at radius 3 is 2.44 bits per heavy atom. The Kier molecular flexibility index (Phi) is 6.34. The maximum atomic E-state index is 13.2. The number of carbonyl (C=O) groups excluding carboxylic acids is 1. The number of benzene rings is 2. The topological polar surface area (TPSA) is 67.8 Å². The minimum absolute atomic E-state index is 0.0183. The number of amides is 1. The van der Waals surface area contributed by atoms with Crippen molar-refractivity contribution in [2.24, 2.45) is 0 Å². The number of carbonyl (C=O) groups is 1. The molecule has 34 heavy (non-hydrogen) atoms. The predicted octanol–water partition coefficient (Wildman–Crippen LogP) is 4.77. The smallest absolute Gasteiger partial charge is 0.254 e. The van der Waals surface area contributed by atoms with Gasteiger partial charge in [0.15, 0.2) is 0 Å². The summed E-state index contributed by atoms with van der Waals surface area (Å²) >= 11 is 0. The molecule has 0 spiro atoms. The van der Waals surface area contributed by atoms with Crippen LogP contribution in [0.4, 0.5) is 5.95 Å². The largest absolute Gasteiger partial charge is 0.497 e. The highest BCUT2D eigenvalue weighted by molar-refractivity contribution is 5.94. The molecule has 0 N–H and O–H groups in total. The summed E-state index contributed by atoms with van der Waals surface area (Å²) in [6, 6.07) is 15.2. The summed E-state index contributed by atoms with van der Waals surface area (Å²) in [5.41, 5.74) is 3.53. The molecule has 3 aromatic rings. The van der Waals surface area contributed by atoms with E-state index in [9.17, 15) is 4.79 Å². The van der Waals surface area contributed by atoms with E-state index in [-0.39, 0.29) is 5.91 Å². The lowest BCUT2D eigenvalue weighted by atomic mass is 10.0. The molecule has 0 saturated carbocycles. The minimum atomic E-state index is -0.0183. The average Bonchev–Trinajstić information content (AvgIpc) is 2.90. The Balaban J connectivity index is 1.47. The number of hydrogen-bond acceptors (Lipinski definition) is 6. The summed E-state index contributed by atoms with van der Waals surface area (Å²) in [6.45, 7) is 4.98. The zero-order chi connectivity index (χ0) is 23.5. The monoisotopic (exact) mass is 458 g/mol. The van der Waals surface area contributed by atoms with Gasteiger partial charge in [-0.1, -0.05) is 18.2 Å². The molecule has 0 unspecified atom stereocenters. The number of methoxy groups -OCH3 is 1. The molecule has 2 aliphatic heterocycles. The Hall–Kier alpha value is -3.61. The van der Waals surface area contributed by atoms with Crippen molar-refractivity contribution in [1.82, 2.24) is 14.9 Å². The molecule has 2 aliphatic rings. The molecule has 1 fully saturated rings. The number of fused-ring (bicyclic) bond motifs is 1. The van der Waals surface area contributed by atoms with Gasteiger partial charge in [0.2, 0.25) is 11.8 Å². The second-order valence-electron chi connectivity index (χ2n) is 8.87. The molecule has 5 rings (SSSR count). The van der Waals surface area contributed by atoms with Crippen LogP contribution < -0.4 is 14.4 Å². The van der Waals surface area contributed by atoms with Gasteiger partial charge in [-0.3, -0.25) is 4.79 Å². The van der Waals surface area contributed by atoms with E-state index < -0.39 is 0 Å². The summed E-state index contributed by atoms with van der Waals surface area (Å²) in [5, 5.41) is 0. The molecule has 2 aromatic carbocycles. The number of aromatic nitrogens is 2. The van der Waals surface area contributed by atoms with Crippen molar-refractivity contribution in [1.29, 1.82) is 0 Å². The first-order valence-corrected chi connectivity index (χ1v) is 11.9. The first kappa shape index (κ1) is 22.2. The van der Waals surface area contributed by atoms with Gasteiger partial charge in [0.05, 0.1) is 24.9 Å². The van der Waals surface area contributed by atoms with Gasteiger partial charge in [0, 0.05) is 31.6 Å². The second-order valence-corrected chi connectivity index (χ2v) is 8.87. The van der Waals surface area contributed by atoms with Crippen LogP contribution in [0.1, 0.15) is 46.4 Å².